The summed E-state index contributed by atoms with van der Waals surface area (Å²) in [5.74, 6) is -0.144. The lowest BCUT2D eigenvalue weighted by atomic mass is 9.95. The molecule has 1 fully saturated rings. The Kier molecular flexibility index (Phi) is 1.90. The first kappa shape index (κ1) is 9.48. The molecule has 0 aromatic heterocycles. The summed E-state index contributed by atoms with van der Waals surface area (Å²) in [6, 6.07) is 0. The van der Waals surface area contributed by atoms with Crippen LogP contribution in [0.25, 0.3) is 0 Å². The summed E-state index contributed by atoms with van der Waals surface area (Å²) in [7, 11) is -3.06. The number of sulfone groups is 1. The Bertz CT molecular complexity index is 244. The monoisotopic (exact) mass is 242 g/mol. The fraction of sp³-hybridized carbons (Fsp3) is 1.00. The van der Waals surface area contributed by atoms with E-state index in [0.717, 1.165) is 0 Å². The first-order chi connectivity index (χ1) is 4.66. The maximum absolute atomic E-state index is 11.1. The SMILES string of the molecule is C[C@]1(O)CS(=O)(=O)C[C@]1(C)Br. The fourth-order valence-electron chi connectivity index (χ4n) is 1.20. The van der Waals surface area contributed by atoms with Gasteiger partial charge in [-0.1, -0.05) is 15.9 Å². The molecule has 1 aliphatic rings. The minimum Gasteiger partial charge on any atom is -0.388 e. The van der Waals surface area contributed by atoms with E-state index in [1.54, 1.807) is 6.92 Å². The molecule has 0 saturated carbocycles. The molecule has 1 rings (SSSR count). The molecule has 0 bridgehead atoms. The van der Waals surface area contributed by atoms with E-state index in [1.807, 2.05) is 0 Å². The van der Waals surface area contributed by atoms with Crippen molar-refractivity contribution in [2.24, 2.45) is 0 Å². The smallest absolute Gasteiger partial charge is 0.154 e. The van der Waals surface area contributed by atoms with Crippen LogP contribution >= 0.6 is 15.9 Å². The van der Waals surface area contributed by atoms with E-state index in [2.05, 4.69) is 15.9 Å². The van der Waals surface area contributed by atoms with Gasteiger partial charge in [0.1, 0.15) is 0 Å². The Morgan fingerprint density at radius 1 is 1.36 bits per heavy atom. The van der Waals surface area contributed by atoms with E-state index < -0.39 is 19.8 Å². The van der Waals surface area contributed by atoms with Crippen LogP contribution in [-0.2, 0) is 9.84 Å². The van der Waals surface area contributed by atoms with E-state index >= 15 is 0 Å². The number of aliphatic hydroxyl groups is 1. The zero-order chi connectivity index (χ0) is 8.91. The fourth-order valence-corrected chi connectivity index (χ4v) is 4.98. The van der Waals surface area contributed by atoms with Gasteiger partial charge in [0.05, 0.1) is 21.4 Å². The van der Waals surface area contributed by atoms with Crippen LogP contribution in [0.4, 0.5) is 0 Å². The molecule has 0 unspecified atom stereocenters. The van der Waals surface area contributed by atoms with Crippen molar-refractivity contribution in [3.05, 3.63) is 0 Å². The van der Waals surface area contributed by atoms with Gasteiger partial charge in [-0.2, -0.15) is 0 Å². The summed E-state index contributed by atoms with van der Waals surface area (Å²) in [4.78, 5) is 0. The van der Waals surface area contributed by atoms with Gasteiger partial charge < -0.3 is 5.11 Å². The molecule has 0 aromatic carbocycles. The van der Waals surface area contributed by atoms with Crippen LogP contribution in [0.15, 0.2) is 0 Å². The van der Waals surface area contributed by atoms with Gasteiger partial charge in [0, 0.05) is 0 Å². The van der Waals surface area contributed by atoms with E-state index in [-0.39, 0.29) is 11.5 Å². The lowest BCUT2D eigenvalue weighted by molar-refractivity contribution is 0.0650. The third-order valence-corrected chi connectivity index (χ3v) is 5.64. The summed E-state index contributed by atoms with van der Waals surface area (Å²) in [5.41, 5.74) is -1.15. The quantitative estimate of drug-likeness (QED) is 0.623. The number of hydrogen-bond donors (Lipinski definition) is 1. The van der Waals surface area contributed by atoms with Gasteiger partial charge in [-0.05, 0) is 13.8 Å². The van der Waals surface area contributed by atoms with E-state index in [1.165, 1.54) is 6.92 Å². The van der Waals surface area contributed by atoms with Crippen LogP contribution in [0.2, 0.25) is 0 Å². The molecule has 0 aromatic rings. The summed E-state index contributed by atoms with van der Waals surface area (Å²) in [5, 5.41) is 9.63. The molecule has 1 N–H and O–H groups in total. The van der Waals surface area contributed by atoms with E-state index in [0.29, 0.717) is 0 Å². The van der Waals surface area contributed by atoms with Crippen LogP contribution in [0.3, 0.4) is 0 Å². The molecule has 0 amide bonds. The molecule has 2 atom stereocenters. The molecule has 1 aliphatic heterocycles. The zero-order valence-electron chi connectivity index (χ0n) is 6.46. The van der Waals surface area contributed by atoms with Crippen molar-refractivity contribution in [2.45, 2.75) is 23.8 Å². The average molecular weight is 243 g/mol. The Morgan fingerprint density at radius 2 is 1.82 bits per heavy atom. The summed E-state index contributed by atoms with van der Waals surface area (Å²) in [6.07, 6.45) is 0. The number of alkyl halides is 1. The predicted molar refractivity (Wildman–Crippen MR) is 46.6 cm³/mol. The summed E-state index contributed by atoms with van der Waals surface area (Å²) < 4.78 is 21.4. The highest BCUT2D eigenvalue weighted by atomic mass is 79.9. The molecule has 1 saturated heterocycles. The normalized spacial score (nSPS) is 49.5. The Balaban J connectivity index is 3.08. The predicted octanol–water partition coefficient (Wildman–Crippen LogP) is 0.319. The lowest BCUT2D eigenvalue weighted by Crippen LogP contribution is -2.43. The van der Waals surface area contributed by atoms with Gasteiger partial charge in [0.2, 0.25) is 0 Å². The van der Waals surface area contributed by atoms with Crippen molar-refractivity contribution in [3.8, 4) is 0 Å². The maximum atomic E-state index is 11.1. The van der Waals surface area contributed by atoms with Gasteiger partial charge in [0.25, 0.3) is 0 Å². The van der Waals surface area contributed by atoms with Gasteiger partial charge in [-0.25, -0.2) is 8.42 Å². The minimum absolute atomic E-state index is 0.00694. The minimum atomic E-state index is -3.06. The van der Waals surface area contributed by atoms with Crippen LogP contribution in [0.5, 0.6) is 0 Å². The van der Waals surface area contributed by atoms with E-state index in [9.17, 15) is 13.5 Å². The molecule has 1 heterocycles. The summed E-state index contributed by atoms with van der Waals surface area (Å²) in [6.45, 7) is 3.23. The van der Waals surface area contributed by atoms with Crippen molar-refractivity contribution in [1.82, 2.24) is 0 Å². The van der Waals surface area contributed by atoms with Crippen molar-refractivity contribution >= 4 is 25.8 Å². The second-order valence-corrected chi connectivity index (χ2v) is 7.32. The Morgan fingerprint density at radius 3 is 1.91 bits per heavy atom. The second-order valence-electron chi connectivity index (χ2n) is 3.50. The van der Waals surface area contributed by atoms with Crippen molar-refractivity contribution in [1.29, 1.82) is 0 Å². The van der Waals surface area contributed by atoms with Gasteiger partial charge in [0.15, 0.2) is 9.84 Å². The number of rotatable bonds is 0. The first-order valence-electron chi connectivity index (χ1n) is 3.28. The standard InChI is InChI=1S/C6H11BrO3S/c1-5(7)3-11(9,10)4-6(5,2)8/h8H,3-4H2,1-2H3/t5-,6-/m0/s1. The van der Waals surface area contributed by atoms with E-state index in [4.69, 9.17) is 0 Å². The number of halogens is 1. The Labute approximate surface area is 74.8 Å². The topological polar surface area (TPSA) is 54.4 Å². The third kappa shape index (κ3) is 1.60. The molecule has 0 aliphatic carbocycles. The third-order valence-electron chi connectivity index (χ3n) is 2.11. The highest BCUT2D eigenvalue weighted by Crippen LogP contribution is 2.39. The van der Waals surface area contributed by atoms with Crippen molar-refractivity contribution < 1.29 is 13.5 Å². The summed E-state index contributed by atoms with van der Waals surface area (Å²) >= 11 is 3.21. The zero-order valence-corrected chi connectivity index (χ0v) is 8.87. The van der Waals surface area contributed by atoms with Crippen LogP contribution in [0, 0.1) is 0 Å². The second kappa shape index (κ2) is 2.20. The maximum Gasteiger partial charge on any atom is 0.154 e. The average Bonchev–Trinajstić information content (AvgIpc) is 1.66. The molecule has 3 nitrogen and oxygen atoms in total. The highest BCUT2D eigenvalue weighted by molar-refractivity contribution is 9.10. The molecule has 5 heteroatoms. The van der Waals surface area contributed by atoms with Crippen LogP contribution in [0.1, 0.15) is 13.8 Å². The van der Waals surface area contributed by atoms with Gasteiger partial charge in [-0.3, -0.25) is 0 Å². The molecular formula is C6H11BrO3S. The highest BCUT2D eigenvalue weighted by Gasteiger charge is 2.53. The number of hydrogen-bond acceptors (Lipinski definition) is 3. The Hall–Kier alpha value is 0.390. The molecular weight excluding hydrogens is 232 g/mol. The van der Waals surface area contributed by atoms with Gasteiger partial charge >= 0.3 is 0 Å². The molecule has 0 spiro atoms. The molecule has 11 heavy (non-hydrogen) atoms. The molecule has 66 valence electrons. The first-order valence-corrected chi connectivity index (χ1v) is 5.89. The molecule has 0 radical (unpaired) electrons. The van der Waals surface area contributed by atoms with Crippen molar-refractivity contribution in [2.75, 3.05) is 11.5 Å². The van der Waals surface area contributed by atoms with Crippen molar-refractivity contribution in [3.63, 3.8) is 0 Å². The lowest BCUT2D eigenvalue weighted by Gasteiger charge is -2.28. The van der Waals surface area contributed by atoms with Crippen LogP contribution < -0.4 is 0 Å². The largest absolute Gasteiger partial charge is 0.388 e. The van der Waals surface area contributed by atoms with Gasteiger partial charge in [-0.15, -0.1) is 0 Å². The van der Waals surface area contributed by atoms with Crippen LogP contribution in [-0.4, -0.2) is 35.0 Å².